The summed E-state index contributed by atoms with van der Waals surface area (Å²) in [6.45, 7) is 2.87. The number of hydrogen-bond acceptors (Lipinski definition) is 7. The Balaban J connectivity index is 1.22. The molecule has 2 aliphatic rings. The van der Waals surface area contributed by atoms with Crippen LogP contribution in [-0.2, 0) is 11.3 Å². The summed E-state index contributed by atoms with van der Waals surface area (Å²) in [5.74, 6) is 1.40. The minimum absolute atomic E-state index is 0.000527. The lowest BCUT2D eigenvalue weighted by molar-refractivity contribution is -0.116. The highest BCUT2D eigenvalue weighted by Gasteiger charge is 2.28. The minimum Gasteiger partial charge on any atom is -0.497 e. The smallest absolute Gasteiger partial charge is 0.275 e. The van der Waals surface area contributed by atoms with Gasteiger partial charge in [-0.3, -0.25) is 9.59 Å². The number of fused-ring (bicyclic) bond motifs is 1. The molecule has 0 unspecified atom stereocenters. The van der Waals surface area contributed by atoms with Gasteiger partial charge in [-0.1, -0.05) is 12.1 Å². The van der Waals surface area contributed by atoms with Crippen LogP contribution in [0.15, 0.2) is 64.1 Å². The van der Waals surface area contributed by atoms with Crippen LogP contribution in [0.25, 0.3) is 0 Å². The lowest BCUT2D eigenvalue weighted by Crippen LogP contribution is -2.48. The molecule has 3 aromatic rings. The number of nitrogens with zero attached hydrogens (tertiary/aromatic N) is 4. The van der Waals surface area contributed by atoms with Crippen LogP contribution in [0, 0.1) is 0 Å². The number of amides is 2. The topological polar surface area (TPSA) is 79.1 Å². The van der Waals surface area contributed by atoms with E-state index in [2.05, 4.69) is 9.88 Å². The Bertz CT molecular complexity index is 1160. The zero-order chi connectivity index (χ0) is 22.8. The Morgan fingerprint density at radius 1 is 1.09 bits per heavy atom. The number of oxazole rings is 1. The van der Waals surface area contributed by atoms with E-state index >= 15 is 0 Å². The highest BCUT2D eigenvalue weighted by molar-refractivity contribution is 8.00. The quantitative estimate of drug-likeness (QED) is 0.573. The SMILES string of the molecule is COc1ccc(N2CCN(C(=O)c3coc(CN4C(=O)CSc5ccccc54)n3)CC2)cc1. The van der Waals surface area contributed by atoms with E-state index in [-0.39, 0.29) is 24.1 Å². The van der Waals surface area contributed by atoms with E-state index in [4.69, 9.17) is 9.15 Å². The summed E-state index contributed by atoms with van der Waals surface area (Å²) in [7, 11) is 1.65. The van der Waals surface area contributed by atoms with E-state index in [9.17, 15) is 9.59 Å². The normalized spacial score (nSPS) is 16.0. The van der Waals surface area contributed by atoms with Crippen molar-refractivity contribution >= 4 is 35.0 Å². The Morgan fingerprint density at radius 3 is 2.61 bits per heavy atom. The van der Waals surface area contributed by atoms with Gasteiger partial charge in [-0.05, 0) is 36.4 Å². The second-order valence-electron chi connectivity index (χ2n) is 7.84. The molecule has 0 N–H and O–H groups in total. The summed E-state index contributed by atoms with van der Waals surface area (Å²) in [6.07, 6.45) is 1.39. The predicted molar refractivity (Wildman–Crippen MR) is 126 cm³/mol. The standard InChI is InChI=1S/C24H24N4O4S/c1-31-18-8-6-17(7-9-18)26-10-12-27(13-11-26)24(30)19-15-32-22(25-19)14-28-20-4-2-3-5-21(20)33-16-23(28)29/h2-9,15H,10-14,16H2,1H3. The molecule has 0 radical (unpaired) electrons. The van der Waals surface area contributed by atoms with Crippen LogP contribution in [0.5, 0.6) is 5.75 Å². The van der Waals surface area contributed by atoms with Gasteiger partial charge in [0.05, 0.1) is 18.6 Å². The van der Waals surface area contributed by atoms with E-state index in [1.807, 2.05) is 48.5 Å². The average Bonchev–Trinajstić information content (AvgIpc) is 3.34. The lowest BCUT2D eigenvalue weighted by Gasteiger charge is -2.35. The number of carbonyl (C=O) groups excluding carboxylic acids is 2. The van der Waals surface area contributed by atoms with E-state index in [1.165, 1.54) is 18.0 Å². The summed E-state index contributed by atoms with van der Waals surface area (Å²) in [5, 5.41) is 0. The highest BCUT2D eigenvalue weighted by Crippen LogP contribution is 2.35. The van der Waals surface area contributed by atoms with Gasteiger partial charge in [-0.2, -0.15) is 0 Å². The molecule has 33 heavy (non-hydrogen) atoms. The molecule has 2 aliphatic heterocycles. The number of hydrogen-bond donors (Lipinski definition) is 0. The van der Waals surface area contributed by atoms with E-state index < -0.39 is 0 Å². The molecule has 0 atom stereocenters. The average molecular weight is 465 g/mol. The molecular formula is C24H24N4O4S. The van der Waals surface area contributed by atoms with E-state index in [0.717, 1.165) is 35.1 Å². The molecule has 170 valence electrons. The number of rotatable bonds is 5. The summed E-state index contributed by atoms with van der Waals surface area (Å²) in [5.41, 5.74) is 2.23. The van der Waals surface area contributed by atoms with Gasteiger partial charge >= 0.3 is 0 Å². The molecule has 1 saturated heterocycles. The first kappa shape index (κ1) is 21.4. The zero-order valence-electron chi connectivity index (χ0n) is 18.3. The number of carbonyl (C=O) groups is 2. The Kier molecular flexibility index (Phi) is 5.95. The first-order chi connectivity index (χ1) is 16.1. The van der Waals surface area contributed by atoms with Crippen LogP contribution in [-0.4, -0.2) is 60.7 Å². The van der Waals surface area contributed by atoms with Gasteiger partial charge in [-0.25, -0.2) is 4.98 Å². The zero-order valence-corrected chi connectivity index (χ0v) is 19.1. The first-order valence-corrected chi connectivity index (χ1v) is 11.8. The maximum Gasteiger partial charge on any atom is 0.275 e. The summed E-state index contributed by atoms with van der Waals surface area (Å²) < 4.78 is 10.8. The largest absolute Gasteiger partial charge is 0.497 e. The van der Waals surface area contributed by atoms with E-state index in [1.54, 1.807) is 16.9 Å². The molecule has 9 heteroatoms. The minimum atomic E-state index is -0.152. The van der Waals surface area contributed by atoms with Crippen LogP contribution in [0.4, 0.5) is 11.4 Å². The van der Waals surface area contributed by atoms with Gasteiger partial charge in [0.25, 0.3) is 5.91 Å². The molecule has 0 saturated carbocycles. The third-order valence-electron chi connectivity index (χ3n) is 5.88. The van der Waals surface area contributed by atoms with Gasteiger partial charge in [0.2, 0.25) is 11.8 Å². The van der Waals surface area contributed by atoms with Gasteiger partial charge < -0.3 is 23.9 Å². The van der Waals surface area contributed by atoms with Crippen molar-refractivity contribution in [3.05, 3.63) is 66.4 Å². The molecule has 2 aromatic carbocycles. The monoisotopic (exact) mass is 464 g/mol. The van der Waals surface area contributed by atoms with Crippen molar-refractivity contribution in [3.63, 3.8) is 0 Å². The molecule has 8 nitrogen and oxygen atoms in total. The van der Waals surface area contributed by atoms with Gasteiger partial charge in [0.15, 0.2) is 5.69 Å². The Hall–Kier alpha value is -3.46. The van der Waals surface area contributed by atoms with Gasteiger partial charge in [0.1, 0.15) is 18.6 Å². The van der Waals surface area contributed by atoms with Gasteiger partial charge in [-0.15, -0.1) is 11.8 Å². The first-order valence-electron chi connectivity index (χ1n) is 10.8. The third kappa shape index (κ3) is 4.41. The Labute approximate surface area is 196 Å². The van der Waals surface area contributed by atoms with Crippen LogP contribution < -0.4 is 14.5 Å². The third-order valence-corrected chi connectivity index (χ3v) is 6.92. The molecule has 0 bridgehead atoms. The number of ether oxygens (including phenoxy) is 1. The van der Waals surface area contributed by atoms with Crippen LogP contribution in [0.2, 0.25) is 0 Å². The maximum atomic E-state index is 13.0. The number of methoxy groups -OCH3 is 1. The molecule has 5 rings (SSSR count). The van der Waals surface area contributed by atoms with Crippen LogP contribution in [0.3, 0.4) is 0 Å². The fourth-order valence-electron chi connectivity index (χ4n) is 4.07. The van der Waals surface area contributed by atoms with Crippen molar-refractivity contribution in [2.24, 2.45) is 0 Å². The maximum absolute atomic E-state index is 13.0. The van der Waals surface area contributed by atoms with E-state index in [0.29, 0.717) is 24.7 Å². The van der Waals surface area contributed by atoms with Crippen LogP contribution >= 0.6 is 11.8 Å². The second kappa shape index (κ2) is 9.19. The number of para-hydroxylation sites is 1. The van der Waals surface area contributed by atoms with Crippen molar-refractivity contribution in [1.82, 2.24) is 9.88 Å². The van der Waals surface area contributed by atoms with Gasteiger partial charge in [0, 0.05) is 36.8 Å². The van der Waals surface area contributed by atoms with Crippen molar-refractivity contribution in [2.75, 3.05) is 48.8 Å². The number of thioether (sulfide) groups is 1. The fraction of sp³-hybridized carbons (Fsp3) is 0.292. The van der Waals surface area contributed by atoms with Crippen molar-refractivity contribution in [1.29, 1.82) is 0 Å². The van der Waals surface area contributed by atoms with Crippen LogP contribution in [0.1, 0.15) is 16.4 Å². The summed E-state index contributed by atoms with van der Waals surface area (Å²) in [4.78, 5) is 36.6. The molecule has 1 fully saturated rings. The molecule has 3 heterocycles. The number of aromatic nitrogens is 1. The second-order valence-corrected chi connectivity index (χ2v) is 8.86. The molecule has 0 spiro atoms. The molecule has 2 amide bonds. The lowest BCUT2D eigenvalue weighted by atomic mass is 10.2. The number of piperazine rings is 1. The predicted octanol–water partition coefficient (Wildman–Crippen LogP) is 3.28. The number of anilines is 2. The number of benzene rings is 2. The van der Waals surface area contributed by atoms with Crippen molar-refractivity contribution in [2.45, 2.75) is 11.4 Å². The molecule has 1 aromatic heterocycles. The van der Waals surface area contributed by atoms with Crippen molar-refractivity contribution in [3.8, 4) is 5.75 Å². The highest BCUT2D eigenvalue weighted by atomic mass is 32.2. The molecule has 0 aliphatic carbocycles. The Morgan fingerprint density at radius 2 is 1.85 bits per heavy atom. The fourth-order valence-corrected chi connectivity index (χ4v) is 5.00. The molecular weight excluding hydrogens is 440 g/mol. The summed E-state index contributed by atoms with van der Waals surface area (Å²) in [6, 6.07) is 15.7. The van der Waals surface area contributed by atoms with Crippen molar-refractivity contribution < 1.29 is 18.7 Å². The summed E-state index contributed by atoms with van der Waals surface area (Å²) >= 11 is 1.53.